The molecule has 5 rings (SSSR count). The van der Waals surface area contributed by atoms with E-state index in [1.54, 1.807) is 24.0 Å². The molecule has 1 atom stereocenters. The summed E-state index contributed by atoms with van der Waals surface area (Å²) < 4.78 is 31.7. The van der Waals surface area contributed by atoms with Gasteiger partial charge in [0.05, 0.1) is 21.0 Å². The zero-order valence-electron chi connectivity index (χ0n) is 20.5. The molecule has 0 aliphatic carbocycles. The van der Waals surface area contributed by atoms with Crippen molar-refractivity contribution in [3.8, 4) is 10.4 Å². The lowest BCUT2D eigenvalue weighted by Gasteiger charge is -2.24. The van der Waals surface area contributed by atoms with Crippen LogP contribution in [0, 0.1) is 18.6 Å². The van der Waals surface area contributed by atoms with Crippen LogP contribution in [0.25, 0.3) is 10.4 Å². The number of thioether (sulfide) groups is 1. The van der Waals surface area contributed by atoms with Crippen LogP contribution >= 0.6 is 34.7 Å². The van der Waals surface area contributed by atoms with Gasteiger partial charge in [0.1, 0.15) is 11.6 Å². The number of benzene rings is 1. The van der Waals surface area contributed by atoms with E-state index in [1.165, 1.54) is 29.5 Å². The van der Waals surface area contributed by atoms with Gasteiger partial charge in [0.15, 0.2) is 0 Å². The minimum atomic E-state index is -0.584. The quantitative estimate of drug-likeness (QED) is 0.244. The van der Waals surface area contributed by atoms with Crippen LogP contribution in [0.4, 0.5) is 8.78 Å². The van der Waals surface area contributed by atoms with Gasteiger partial charge in [-0.1, -0.05) is 23.7 Å². The van der Waals surface area contributed by atoms with Crippen molar-refractivity contribution in [2.45, 2.75) is 30.8 Å². The molecular formula is C28H26ClF2N3OS2. The third-order valence-corrected chi connectivity index (χ3v) is 9.26. The summed E-state index contributed by atoms with van der Waals surface area (Å²) in [6, 6.07) is 13.3. The largest absolute Gasteiger partial charge is 0.304 e. The molecule has 37 heavy (non-hydrogen) atoms. The number of hydrogen-bond acceptors (Lipinski definition) is 5. The summed E-state index contributed by atoms with van der Waals surface area (Å²) in [5.74, 6) is -0.456. The molecule has 0 amide bonds. The van der Waals surface area contributed by atoms with Crippen molar-refractivity contribution in [1.29, 1.82) is 0 Å². The minimum Gasteiger partial charge on any atom is -0.304 e. The van der Waals surface area contributed by atoms with Gasteiger partial charge in [0.25, 0.3) is 5.56 Å². The average Bonchev–Trinajstić information content (AvgIpc) is 3.49. The molecule has 0 radical (unpaired) electrons. The van der Waals surface area contributed by atoms with Crippen LogP contribution in [0.3, 0.4) is 0 Å². The second kappa shape index (κ2) is 11.1. The van der Waals surface area contributed by atoms with Crippen LogP contribution in [0.1, 0.15) is 28.4 Å². The molecule has 0 bridgehead atoms. The predicted molar refractivity (Wildman–Crippen MR) is 148 cm³/mol. The van der Waals surface area contributed by atoms with Crippen LogP contribution in [0.2, 0.25) is 4.34 Å². The van der Waals surface area contributed by atoms with Crippen molar-refractivity contribution in [3.05, 3.63) is 103 Å². The number of hydrogen-bond donors (Lipinski definition) is 0. The van der Waals surface area contributed by atoms with Gasteiger partial charge in [-0.2, -0.15) is 0 Å². The standard InChI is InChI=1S/C28H26ClF2N3OS2/c1-17-20(14-21-22(30)7-5-8-23(21)31)28-34(27(35)26(17)24-9-10-25(29)37-24)19(16-36-28)15-33(2)13-11-18-6-3-4-12-32-18/h3-10,12,19H,11,13-16H2,1-2H3. The average molecular weight is 558 g/mol. The third-order valence-electron chi connectivity index (χ3n) is 6.75. The first-order valence-electron chi connectivity index (χ1n) is 12.0. The molecule has 3 aromatic heterocycles. The van der Waals surface area contributed by atoms with E-state index in [2.05, 4.69) is 9.88 Å². The summed E-state index contributed by atoms with van der Waals surface area (Å²) in [5.41, 5.74) is 3.03. The molecule has 9 heteroatoms. The van der Waals surface area contributed by atoms with E-state index < -0.39 is 11.6 Å². The van der Waals surface area contributed by atoms with Gasteiger partial charge in [-0.05, 0) is 61.5 Å². The van der Waals surface area contributed by atoms with Crippen molar-refractivity contribution < 1.29 is 8.78 Å². The Kier molecular flexibility index (Phi) is 7.81. The second-order valence-corrected chi connectivity index (χ2v) is 12.0. The van der Waals surface area contributed by atoms with Gasteiger partial charge in [-0.15, -0.1) is 23.1 Å². The van der Waals surface area contributed by atoms with E-state index in [4.69, 9.17) is 11.6 Å². The molecule has 1 aromatic carbocycles. The van der Waals surface area contributed by atoms with Crippen LogP contribution in [0.5, 0.6) is 0 Å². The fraction of sp³-hybridized carbons (Fsp3) is 0.286. The number of halogens is 3. The molecule has 192 valence electrons. The number of fused-ring (bicyclic) bond motifs is 1. The van der Waals surface area contributed by atoms with Crippen LogP contribution in [-0.2, 0) is 12.8 Å². The van der Waals surface area contributed by atoms with Crippen molar-refractivity contribution in [1.82, 2.24) is 14.5 Å². The van der Waals surface area contributed by atoms with Crippen LogP contribution in [-0.4, -0.2) is 40.3 Å². The zero-order valence-corrected chi connectivity index (χ0v) is 22.9. The second-order valence-electron chi connectivity index (χ2n) is 9.24. The first-order valence-corrected chi connectivity index (χ1v) is 14.2. The molecule has 4 nitrogen and oxygen atoms in total. The van der Waals surface area contributed by atoms with Gasteiger partial charge in [-0.3, -0.25) is 14.3 Å². The third kappa shape index (κ3) is 5.39. The molecule has 4 aromatic rings. The highest BCUT2D eigenvalue weighted by Gasteiger charge is 2.32. The maximum Gasteiger partial charge on any atom is 0.260 e. The summed E-state index contributed by atoms with van der Waals surface area (Å²) >= 11 is 9.14. The Morgan fingerprint density at radius 2 is 1.89 bits per heavy atom. The van der Waals surface area contributed by atoms with E-state index >= 15 is 0 Å². The van der Waals surface area contributed by atoms with Gasteiger partial charge in [0.2, 0.25) is 0 Å². The van der Waals surface area contributed by atoms with Crippen LogP contribution < -0.4 is 5.56 Å². The predicted octanol–water partition coefficient (Wildman–Crippen LogP) is 6.62. The maximum absolute atomic E-state index is 14.7. The van der Waals surface area contributed by atoms with E-state index in [0.717, 1.165) is 39.7 Å². The number of rotatable bonds is 8. The Bertz CT molecular complexity index is 1470. The highest BCUT2D eigenvalue weighted by Crippen LogP contribution is 2.41. The molecule has 0 spiro atoms. The normalized spacial score (nSPS) is 14.9. The van der Waals surface area contributed by atoms with Crippen LogP contribution in [0.15, 0.2) is 64.5 Å². The summed E-state index contributed by atoms with van der Waals surface area (Å²) in [6.45, 7) is 3.34. The lowest BCUT2D eigenvalue weighted by molar-refractivity contribution is 0.285. The van der Waals surface area contributed by atoms with Crippen molar-refractivity contribution >= 4 is 34.7 Å². The summed E-state index contributed by atoms with van der Waals surface area (Å²) in [7, 11) is 2.04. The summed E-state index contributed by atoms with van der Waals surface area (Å²) in [6.07, 6.45) is 2.67. The highest BCUT2D eigenvalue weighted by molar-refractivity contribution is 7.99. The molecule has 1 unspecified atom stereocenters. The smallest absolute Gasteiger partial charge is 0.260 e. The number of pyridine rings is 2. The van der Waals surface area contributed by atoms with Crippen molar-refractivity contribution in [2.75, 3.05) is 25.9 Å². The first-order chi connectivity index (χ1) is 17.8. The molecule has 0 saturated heterocycles. The summed E-state index contributed by atoms with van der Waals surface area (Å²) in [5, 5.41) is 0.791. The Labute approximate surface area is 227 Å². The Morgan fingerprint density at radius 1 is 1.11 bits per heavy atom. The zero-order chi connectivity index (χ0) is 26.1. The number of likely N-dealkylation sites (N-methyl/N-ethyl adjacent to an activating group) is 1. The van der Waals surface area contributed by atoms with Gasteiger partial charge >= 0.3 is 0 Å². The van der Waals surface area contributed by atoms with E-state index in [1.807, 2.05) is 42.8 Å². The number of aromatic nitrogens is 2. The first kappa shape index (κ1) is 26.1. The molecule has 0 fully saturated rings. The van der Waals surface area contributed by atoms with Gasteiger partial charge in [-0.25, -0.2) is 8.78 Å². The molecular weight excluding hydrogens is 532 g/mol. The molecule has 4 heterocycles. The van der Waals surface area contributed by atoms with Gasteiger partial charge in [0, 0.05) is 54.0 Å². The lowest BCUT2D eigenvalue weighted by Crippen LogP contribution is -2.35. The summed E-state index contributed by atoms with van der Waals surface area (Å²) in [4.78, 5) is 21.3. The highest BCUT2D eigenvalue weighted by atomic mass is 35.5. The van der Waals surface area contributed by atoms with Crippen molar-refractivity contribution in [2.24, 2.45) is 0 Å². The monoisotopic (exact) mass is 557 g/mol. The molecule has 0 N–H and O–H groups in total. The fourth-order valence-electron chi connectivity index (χ4n) is 4.83. The fourth-order valence-corrected chi connectivity index (χ4v) is 7.34. The molecule has 0 saturated carbocycles. The minimum absolute atomic E-state index is 0.0127. The van der Waals surface area contributed by atoms with Gasteiger partial charge < -0.3 is 4.90 Å². The molecule has 1 aliphatic heterocycles. The molecule has 1 aliphatic rings. The SMILES string of the molecule is Cc1c(Cc2c(F)cccc2F)c2n(c(=O)c1-c1ccc(Cl)s1)C(CN(C)CCc1ccccn1)CS2. The Hall–Kier alpha value is -2.52. The Balaban J connectivity index is 1.53. The lowest BCUT2D eigenvalue weighted by atomic mass is 9.97. The van der Waals surface area contributed by atoms with E-state index in [-0.39, 0.29) is 23.6 Å². The topological polar surface area (TPSA) is 38.1 Å². The Morgan fingerprint density at radius 3 is 2.57 bits per heavy atom. The maximum atomic E-state index is 14.7. The van der Waals surface area contributed by atoms with E-state index in [0.29, 0.717) is 22.2 Å². The van der Waals surface area contributed by atoms with E-state index in [9.17, 15) is 13.6 Å². The number of thiophene rings is 1. The van der Waals surface area contributed by atoms with Crippen molar-refractivity contribution in [3.63, 3.8) is 0 Å². The number of nitrogens with zero attached hydrogens (tertiary/aromatic N) is 3.